The van der Waals surface area contributed by atoms with Gasteiger partial charge in [-0.3, -0.25) is 0 Å². The molecule has 0 unspecified atom stereocenters. The number of hydrogen-bond donors (Lipinski definition) is 0. The highest BCUT2D eigenvalue weighted by Gasteiger charge is 2.52. The van der Waals surface area contributed by atoms with Crippen LogP contribution in [0.15, 0.2) is 188 Å². The molecule has 58 heavy (non-hydrogen) atoms. The van der Waals surface area contributed by atoms with Crippen molar-refractivity contribution in [1.82, 2.24) is 0 Å². The van der Waals surface area contributed by atoms with Gasteiger partial charge in [-0.2, -0.15) is 0 Å². The lowest BCUT2D eigenvalue weighted by Crippen LogP contribution is -2.26. The summed E-state index contributed by atoms with van der Waals surface area (Å²) in [7, 11) is 0. The van der Waals surface area contributed by atoms with Crippen molar-refractivity contribution in [2.45, 2.75) is 31.1 Å². The normalized spacial score (nSPS) is 14.9. The van der Waals surface area contributed by atoms with Crippen LogP contribution in [-0.4, -0.2) is 0 Å². The van der Waals surface area contributed by atoms with Crippen molar-refractivity contribution in [3.8, 4) is 44.5 Å². The minimum absolute atomic E-state index is 0.141. The van der Waals surface area contributed by atoms with Gasteiger partial charge < -0.3 is 4.90 Å². The van der Waals surface area contributed by atoms with E-state index in [4.69, 9.17) is 0 Å². The van der Waals surface area contributed by atoms with Gasteiger partial charge in [-0.05, 0) is 108 Å². The molecule has 13 rings (SSSR count). The molecular weight excluding hydrogens is 699 g/mol. The Kier molecular flexibility index (Phi) is 6.28. The first-order chi connectivity index (χ1) is 28.6. The van der Waals surface area contributed by atoms with Gasteiger partial charge in [0.15, 0.2) is 0 Å². The van der Waals surface area contributed by atoms with Gasteiger partial charge in [-0.1, -0.05) is 184 Å². The minimum Gasteiger partial charge on any atom is -0.309 e. The molecule has 0 N–H and O–H groups in total. The molecule has 1 spiro atoms. The van der Waals surface area contributed by atoms with Crippen molar-refractivity contribution in [2.75, 3.05) is 4.90 Å². The Balaban J connectivity index is 1.20. The minimum atomic E-state index is -0.439. The zero-order valence-corrected chi connectivity index (χ0v) is 32.6. The number of benzene rings is 9. The summed E-state index contributed by atoms with van der Waals surface area (Å²) in [5.74, 6) is 0. The molecule has 4 aliphatic carbocycles. The van der Waals surface area contributed by atoms with Gasteiger partial charge in [0.1, 0.15) is 0 Å². The van der Waals surface area contributed by atoms with Gasteiger partial charge in [-0.25, -0.2) is 0 Å². The molecular formula is C57H39N. The summed E-state index contributed by atoms with van der Waals surface area (Å²) in [6.07, 6.45) is 0.932. The van der Waals surface area contributed by atoms with Crippen molar-refractivity contribution in [2.24, 2.45) is 0 Å². The van der Waals surface area contributed by atoms with E-state index in [1.165, 1.54) is 117 Å². The Morgan fingerprint density at radius 2 is 0.810 bits per heavy atom. The molecule has 0 bridgehead atoms. The molecule has 0 saturated heterocycles. The van der Waals surface area contributed by atoms with E-state index in [1.807, 2.05) is 0 Å². The predicted molar refractivity (Wildman–Crippen MR) is 241 cm³/mol. The zero-order chi connectivity index (χ0) is 38.3. The number of hydrogen-bond acceptors (Lipinski definition) is 1. The van der Waals surface area contributed by atoms with Crippen LogP contribution in [0.3, 0.4) is 0 Å². The molecule has 0 fully saturated rings. The third-order valence-corrected chi connectivity index (χ3v) is 14.1. The Morgan fingerprint density at radius 3 is 1.50 bits per heavy atom. The van der Waals surface area contributed by atoms with Crippen LogP contribution in [0.5, 0.6) is 0 Å². The highest BCUT2D eigenvalue weighted by atomic mass is 15.2. The Hall–Kier alpha value is -6.96. The summed E-state index contributed by atoms with van der Waals surface area (Å²) in [6.45, 7) is 4.78. The van der Waals surface area contributed by atoms with E-state index in [2.05, 4.69) is 207 Å². The predicted octanol–water partition coefficient (Wildman–Crippen LogP) is 14.5. The smallest absolute Gasteiger partial charge is 0.0726 e. The van der Waals surface area contributed by atoms with Crippen molar-refractivity contribution in [3.05, 3.63) is 233 Å². The first kappa shape index (κ1) is 32.2. The van der Waals surface area contributed by atoms with Crippen molar-refractivity contribution in [1.29, 1.82) is 0 Å². The average Bonchev–Trinajstić information content (AvgIpc) is 3.84. The van der Waals surface area contributed by atoms with Crippen LogP contribution in [-0.2, 0) is 17.3 Å². The van der Waals surface area contributed by atoms with Crippen molar-refractivity contribution < 1.29 is 0 Å². The van der Waals surface area contributed by atoms with Gasteiger partial charge in [0.05, 0.1) is 22.5 Å². The number of rotatable bonds is 3. The Bertz CT molecular complexity index is 3210. The summed E-state index contributed by atoms with van der Waals surface area (Å²) >= 11 is 0. The summed E-state index contributed by atoms with van der Waals surface area (Å²) in [5, 5.41) is 2.65. The van der Waals surface area contributed by atoms with E-state index in [9.17, 15) is 0 Å². The van der Waals surface area contributed by atoms with Crippen LogP contribution in [0.25, 0.3) is 55.3 Å². The lowest BCUT2D eigenvalue weighted by molar-refractivity contribution is 0.660. The summed E-state index contributed by atoms with van der Waals surface area (Å²) in [5.41, 5.74) is 24.5. The van der Waals surface area contributed by atoms with E-state index >= 15 is 0 Å². The first-order valence-electron chi connectivity index (χ1n) is 20.7. The monoisotopic (exact) mass is 737 g/mol. The van der Waals surface area contributed by atoms with Crippen LogP contribution in [0.4, 0.5) is 17.1 Å². The van der Waals surface area contributed by atoms with E-state index < -0.39 is 5.41 Å². The molecule has 9 aromatic rings. The summed E-state index contributed by atoms with van der Waals surface area (Å²) in [6, 6.07) is 71.5. The maximum Gasteiger partial charge on any atom is 0.0726 e. The topological polar surface area (TPSA) is 3.24 Å². The quantitative estimate of drug-likeness (QED) is 0.175. The highest BCUT2D eigenvalue weighted by molar-refractivity contribution is 6.12. The van der Waals surface area contributed by atoms with Gasteiger partial charge in [0, 0.05) is 22.1 Å². The zero-order valence-electron chi connectivity index (χ0n) is 32.6. The molecule has 272 valence electrons. The second kappa shape index (κ2) is 11.3. The second-order valence-electron chi connectivity index (χ2n) is 17.1. The largest absolute Gasteiger partial charge is 0.309 e. The highest BCUT2D eigenvalue weighted by Crippen LogP contribution is 2.66. The Morgan fingerprint density at radius 1 is 0.345 bits per heavy atom. The fourth-order valence-corrected chi connectivity index (χ4v) is 11.8. The molecule has 0 saturated carbocycles. The molecule has 0 amide bonds. The molecule has 1 nitrogen and oxygen atoms in total. The Labute approximate surface area is 339 Å². The molecule has 9 aromatic carbocycles. The number of nitrogens with zero attached hydrogens (tertiary/aromatic N) is 1. The van der Waals surface area contributed by atoms with Crippen LogP contribution >= 0.6 is 0 Å². The third-order valence-electron chi connectivity index (χ3n) is 14.1. The van der Waals surface area contributed by atoms with E-state index in [-0.39, 0.29) is 5.41 Å². The van der Waals surface area contributed by atoms with E-state index in [0.29, 0.717) is 0 Å². The lowest BCUT2D eigenvalue weighted by atomic mass is 9.70. The van der Waals surface area contributed by atoms with Crippen LogP contribution in [0, 0.1) is 0 Å². The molecule has 0 aliphatic heterocycles. The molecule has 0 atom stereocenters. The molecule has 0 radical (unpaired) electrons. The summed E-state index contributed by atoms with van der Waals surface area (Å²) in [4.78, 5) is 2.66. The summed E-state index contributed by atoms with van der Waals surface area (Å²) < 4.78 is 0. The van der Waals surface area contributed by atoms with Crippen LogP contribution in [0.1, 0.15) is 58.4 Å². The SMILES string of the molecule is CC1(C)c2ccccc2-c2c(N(c3cccc4c3-c3ccccc3C43c4ccccc4-c4ccccc43)c3ccc4cccc5c4c3-c3ccccc3C5)cccc21. The molecule has 0 aromatic heterocycles. The van der Waals surface area contributed by atoms with E-state index in [0.717, 1.165) is 6.42 Å². The maximum absolute atomic E-state index is 2.66. The second-order valence-corrected chi connectivity index (χ2v) is 17.1. The number of fused-ring (bicyclic) bond motifs is 15. The fraction of sp³-hybridized carbons (Fsp3) is 0.0877. The van der Waals surface area contributed by atoms with Crippen LogP contribution in [0.2, 0.25) is 0 Å². The van der Waals surface area contributed by atoms with Gasteiger partial charge in [0.2, 0.25) is 0 Å². The fourth-order valence-electron chi connectivity index (χ4n) is 11.8. The molecule has 4 aliphatic rings. The van der Waals surface area contributed by atoms with Gasteiger partial charge in [-0.15, -0.1) is 0 Å². The van der Waals surface area contributed by atoms with Crippen molar-refractivity contribution in [3.63, 3.8) is 0 Å². The van der Waals surface area contributed by atoms with E-state index in [1.54, 1.807) is 0 Å². The molecule has 0 heterocycles. The first-order valence-corrected chi connectivity index (χ1v) is 20.7. The van der Waals surface area contributed by atoms with Crippen molar-refractivity contribution >= 4 is 27.8 Å². The molecule has 1 heteroatoms. The average molecular weight is 738 g/mol. The third kappa shape index (κ3) is 3.87. The van der Waals surface area contributed by atoms with Gasteiger partial charge >= 0.3 is 0 Å². The standard InChI is InChI=1S/C57H39N/c1-56(2)43-24-9-7-22-41(43)53-47(56)28-14-30-49(53)58(51-33-32-35-17-13-18-37-34-36-16-3-4-19-38(36)55(51)52(35)37)50-31-15-29-48-54(50)42-23-8-12-27-46(42)57(48)44-25-10-5-20-39(44)40-21-6-11-26-45(40)57/h3-33H,34H2,1-2H3. The maximum atomic E-state index is 2.66. The number of anilines is 3. The van der Waals surface area contributed by atoms with Crippen LogP contribution < -0.4 is 4.90 Å². The lowest BCUT2D eigenvalue weighted by Gasteiger charge is -2.35. The van der Waals surface area contributed by atoms with Gasteiger partial charge in [0.25, 0.3) is 0 Å².